The summed E-state index contributed by atoms with van der Waals surface area (Å²) in [4.78, 5) is 19.2. The van der Waals surface area contributed by atoms with Crippen molar-refractivity contribution in [2.45, 2.75) is 38.1 Å². The molecule has 0 aliphatic carbocycles. The molecule has 0 rings (SSSR count). The van der Waals surface area contributed by atoms with Crippen molar-refractivity contribution in [2.75, 3.05) is 0 Å². The van der Waals surface area contributed by atoms with Gasteiger partial charge in [0, 0.05) is 0 Å². The number of nitrogens with one attached hydrogen (secondary N) is 1. The Morgan fingerprint density at radius 2 is 1.75 bits per heavy atom. The Balaban J connectivity index is 4.70. The van der Waals surface area contributed by atoms with Crippen molar-refractivity contribution in [2.24, 2.45) is 0 Å². The fourth-order valence-electron chi connectivity index (χ4n) is 0.661. The predicted molar refractivity (Wildman–Crippen MR) is 57.3 cm³/mol. The zero-order valence-corrected chi connectivity index (χ0v) is 9.66. The summed E-state index contributed by atoms with van der Waals surface area (Å²) in [6.45, 7) is 6.76. The Labute approximate surface area is 79.6 Å². The molecule has 0 amide bonds. The standard InChI is InChI=1S/C7H16NO2PS/c1-5(2)11(9,10)6(8)7(3,4)12/h5,8-10H,1-4H3/p+1. The molecule has 0 fully saturated rings. The van der Waals surface area contributed by atoms with E-state index in [0.29, 0.717) is 0 Å². The van der Waals surface area contributed by atoms with Gasteiger partial charge in [0.25, 0.3) is 0 Å². The molecule has 0 bridgehead atoms. The van der Waals surface area contributed by atoms with Crippen LogP contribution in [0.1, 0.15) is 27.7 Å². The van der Waals surface area contributed by atoms with E-state index in [1.54, 1.807) is 27.7 Å². The first kappa shape index (κ1) is 12.4. The first-order valence-corrected chi connectivity index (χ1v) is 5.97. The Morgan fingerprint density at radius 1 is 1.42 bits per heavy atom. The zero-order valence-electron chi connectivity index (χ0n) is 7.87. The summed E-state index contributed by atoms with van der Waals surface area (Å²) in [6, 6.07) is 0. The van der Waals surface area contributed by atoms with Gasteiger partial charge < -0.3 is 0 Å². The van der Waals surface area contributed by atoms with Crippen LogP contribution in [0.5, 0.6) is 0 Å². The average molecular weight is 210 g/mol. The highest BCUT2D eigenvalue weighted by atomic mass is 32.1. The zero-order chi connectivity index (χ0) is 10.2. The molecule has 0 radical (unpaired) electrons. The van der Waals surface area contributed by atoms with Gasteiger partial charge in [0.2, 0.25) is 5.45 Å². The van der Waals surface area contributed by atoms with E-state index < -0.39 is 12.5 Å². The van der Waals surface area contributed by atoms with E-state index in [2.05, 4.69) is 12.6 Å². The van der Waals surface area contributed by atoms with Gasteiger partial charge >= 0.3 is 7.72 Å². The summed E-state index contributed by atoms with van der Waals surface area (Å²) < 4.78 is -0.748. The predicted octanol–water partition coefficient (Wildman–Crippen LogP) is 1.91. The minimum absolute atomic E-state index is 0.0617. The third kappa shape index (κ3) is 2.70. The molecule has 72 valence electrons. The van der Waals surface area contributed by atoms with Crippen molar-refractivity contribution < 1.29 is 9.79 Å². The Hall–Kier alpha value is 0.370. The summed E-state index contributed by atoms with van der Waals surface area (Å²) in [6.07, 6.45) is 0. The van der Waals surface area contributed by atoms with Crippen LogP contribution in [-0.2, 0) is 0 Å². The first-order chi connectivity index (χ1) is 5.10. The van der Waals surface area contributed by atoms with Gasteiger partial charge in [-0.05, 0) is 27.7 Å². The minimum atomic E-state index is -3.22. The summed E-state index contributed by atoms with van der Waals surface area (Å²) in [7, 11) is -3.22. The van der Waals surface area contributed by atoms with Crippen LogP contribution >= 0.6 is 20.3 Å². The lowest BCUT2D eigenvalue weighted by atomic mass is 10.2. The molecule has 0 unspecified atom stereocenters. The second kappa shape index (κ2) is 3.62. The van der Waals surface area contributed by atoms with E-state index >= 15 is 0 Å². The van der Waals surface area contributed by atoms with Gasteiger partial charge in [-0.2, -0.15) is 12.6 Å². The SMILES string of the molecule is CC(C)[P+](O)(O)C(=N)C(C)(C)S. The molecule has 12 heavy (non-hydrogen) atoms. The van der Waals surface area contributed by atoms with Crippen LogP contribution in [-0.4, -0.2) is 25.6 Å². The molecule has 0 aromatic rings. The molecule has 0 saturated heterocycles. The van der Waals surface area contributed by atoms with Crippen LogP contribution in [0.2, 0.25) is 0 Å². The number of rotatable bonds is 3. The normalized spacial score (nSPS) is 13.7. The van der Waals surface area contributed by atoms with Crippen molar-refractivity contribution in [3.63, 3.8) is 0 Å². The average Bonchev–Trinajstić information content (AvgIpc) is 1.83. The third-order valence-corrected chi connectivity index (χ3v) is 4.69. The molecule has 0 aromatic carbocycles. The number of hydrogen-bond donors (Lipinski definition) is 4. The number of hydrogen-bond acceptors (Lipinski definition) is 4. The molecule has 0 aliphatic heterocycles. The van der Waals surface area contributed by atoms with Crippen LogP contribution in [0, 0.1) is 5.41 Å². The van der Waals surface area contributed by atoms with E-state index in [0.717, 1.165) is 0 Å². The number of thiol groups is 1. The molecule has 0 spiro atoms. The van der Waals surface area contributed by atoms with Gasteiger partial charge in [-0.1, -0.05) is 0 Å². The molecule has 0 aliphatic rings. The Bertz CT molecular complexity index is 186. The van der Waals surface area contributed by atoms with Gasteiger partial charge in [-0.25, -0.2) is 9.79 Å². The highest BCUT2D eigenvalue weighted by molar-refractivity contribution is 7.89. The third-order valence-electron chi connectivity index (χ3n) is 1.63. The molecule has 0 saturated carbocycles. The topological polar surface area (TPSA) is 64.3 Å². The van der Waals surface area contributed by atoms with Crippen LogP contribution in [0.4, 0.5) is 0 Å². The molecular formula is C7H17NO2PS+. The van der Waals surface area contributed by atoms with E-state index in [1.807, 2.05) is 0 Å². The second-order valence-electron chi connectivity index (χ2n) is 3.65. The maximum atomic E-state index is 9.59. The minimum Gasteiger partial charge on any atom is -0.266 e. The van der Waals surface area contributed by atoms with Gasteiger partial charge in [0.1, 0.15) is 5.66 Å². The quantitative estimate of drug-likeness (QED) is 0.326. The Kier molecular flexibility index (Phi) is 3.73. The lowest BCUT2D eigenvalue weighted by molar-refractivity contribution is 0.454. The van der Waals surface area contributed by atoms with Gasteiger partial charge in [-0.15, -0.1) is 0 Å². The van der Waals surface area contributed by atoms with Crippen LogP contribution in [0.15, 0.2) is 0 Å². The molecule has 0 heterocycles. The lowest BCUT2D eigenvalue weighted by Gasteiger charge is -2.24. The maximum absolute atomic E-state index is 9.59. The fourth-order valence-corrected chi connectivity index (χ4v) is 2.42. The monoisotopic (exact) mass is 210 g/mol. The summed E-state index contributed by atoms with van der Waals surface area (Å²) >= 11 is 4.12. The second-order valence-corrected chi connectivity index (χ2v) is 7.55. The maximum Gasteiger partial charge on any atom is 0.317 e. The van der Waals surface area contributed by atoms with Gasteiger partial charge in [-0.3, -0.25) is 5.41 Å². The van der Waals surface area contributed by atoms with Crippen molar-refractivity contribution in [1.82, 2.24) is 0 Å². The molecular weight excluding hydrogens is 193 g/mol. The highest BCUT2D eigenvalue weighted by Gasteiger charge is 2.49. The smallest absolute Gasteiger partial charge is 0.266 e. The van der Waals surface area contributed by atoms with Crippen molar-refractivity contribution in [3.8, 4) is 0 Å². The largest absolute Gasteiger partial charge is 0.317 e. The van der Waals surface area contributed by atoms with Crippen LogP contribution in [0.3, 0.4) is 0 Å². The highest BCUT2D eigenvalue weighted by Crippen LogP contribution is 2.58. The summed E-state index contributed by atoms with van der Waals surface area (Å²) in [5.41, 5.74) is -0.357. The van der Waals surface area contributed by atoms with E-state index in [1.165, 1.54) is 0 Å². The first-order valence-electron chi connectivity index (χ1n) is 3.76. The molecule has 0 atom stereocenters. The van der Waals surface area contributed by atoms with Crippen molar-refractivity contribution >= 4 is 25.8 Å². The molecule has 3 N–H and O–H groups in total. The lowest BCUT2D eigenvalue weighted by Crippen LogP contribution is -2.29. The van der Waals surface area contributed by atoms with Crippen LogP contribution < -0.4 is 0 Å². The summed E-state index contributed by atoms with van der Waals surface area (Å²) in [5, 5.41) is 7.55. The summed E-state index contributed by atoms with van der Waals surface area (Å²) in [5.74, 6) is 0. The van der Waals surface area contributed by atoms with Gasteiger partial charge in [0.05, 0.1) is 4.75 Å². The van der Waals surface area contributed by atoms with E-state index in [4.69, 9.17) is 5.41 Å². The van der Waals surface area contributed by atoms with Crippen LogP contribution in [0.25, 0.3) is 0 Å². The van der Waals surface area contributed by atoms with E-state index in [9.17, 15) is 9.79 Å². The van der Waals surface area contributed by atoms with E-state index in [-0.39, 0.29) is 11.1 Å². The van der Waals surface area contributed by atoms with Crippen molar-refractivity contribution in [3.05, 3.63) is 0 Å². The van der Waals surface area contributed by atoms with Crippen molar-refractivity contribution in [1.29, 1.82) is 5.41 Å². The van der Waals surface area contributed by atoms with Gasteiger partial charge in [0.15, 0.2) is 0 Å². The molecule has 3 nitrogen and oxygen atoms in total. The Morgan fingerprint density at radius 3 is 1.83 bits per heavy atom. The molecule has 5 heteroatoms. The molecule has 0 aromatic heterocycles. The fraction of sp³-hybridized carbons (Fsp3) is 0.857.